The van der Waals surface area contributed by atoms with Crippen molar-refractivity contribution in [3.63, 3.8) is 0 Å². The molecule has 1 aliphatic rings. The molecule has 1 aliphatic heterocycles. The number of piperidine rings is 1. The Labute approximate surface area is 116 Å². The third kappa shape index (κ3) is 4.30. The first-order valence-corrected chi connectivity index (χ1v) is 6.32. The van der Waals surface area contributed by atoms with E-state index in [0.29, 0.717) is 0 Å². The van der Waals surface area contributed by atoms with E-state index in [1.165, 1.54) is 0 Å². The predicted molar refractivity (Wildman–Crippen MR) is 75.6 cm³/mol. The van der Waals surface area contributed by atoms with Crippen LogP contribution in [-0.2, 0) is 4.79 Å². The lowest BCUT2D eigenvalue weighted by Crippen LogP contribution is -2.37. The molecule has 1 unspecified atom stereocenters. The van der Waals surface area contributed by atoms with Gasteiger partial charge in [-0.15, -0.1) is 12.4 Å². The molecule has 1 aromatic rings. The van der Waals surface area contributed by atoms with Crippen LogP contribution in [0.25, 0.3) is 0 Å². The summed E-state index contributed by atoms with van der Waals surface area (Å²) in [4.78, 5) is 11.9. The van der Waals surface area contributed by atoms with Crippen molar-refractivity contribution in [3.8, 4) is 0 Å². The van der Waals surface area contributed by atoms with Crippen LogP contribution in [0.1, 0.15) is 12.8 Å². The van der Waals surface area contributed by atoms with Crippen LogP contribution in [0.3, 0.4) is 0 Å². The Balaban J connectivity index is 0.00000144. The van der Waals surface area contributed by atoms with Gasteiger partial charge in [0, 0.05) is 16.7 Å². The number of rotatable bonds is 2. The van der Waals surface area contributed by atoms with E-state index in [2.05, 4.69) is 26.6 Å². The molecular formula is C12H16BrClN2O. The number of carbonyl (C=O) groups excluding carboxylic acids is 1. The maximum Gasteiger partial charge on any atom is 0.228 e. The van der Waals surface area contributed by atoms with Gasteiger partial charge in [0.15, 0.2) is 0 Å². The zero-order valence-electron chi connectivity index (χ0n) is 9.41. The van der Waals surface area contributed by atoms with Crippen LogP contribution in [0.2, 0.25) is 0 Å². The van der Waals surface area contributed by atoms with E-state index >= 15 is 0 Å². The van der Waals surface area contributed by atoms with Crippen molar-refractivity contribution in [1.29, 1.82) is 0 Å². The summed E-state index contributed by atoms with van der Waals surface area (Å²) < 4.78 is 0.979. The molecule has 0 aromatic heterocycles. The average Bonchev–Trinajstić information content (AvgIpc) is 2.30. The van der Waals surface area contributed by atoms with Crippen molar-refractivity contribution >= 4 is 39.9 Å². The largest absolute Gasteiger partial charge is 0.326 e. The van der Waals surface area contributed by atoms with Crippen LogP contribution in [-0.4, -0.2) is 19.0 Å². The van der Waals surface area contributed by atoms with Crippen molar-refractivity contribution in [2.75, 3.05) is 18.4 Å². The highest BCUT2D eigenvalue weighted by molar-refractivity contribution is 9.10. The van der Waals surface area contributed by atoms with Crippen molar-refractivity contribution in [2.45, 2.75) is 12.8 Å². The van der Waals surface area contributed by atoms with Crippen LogP contribution < -0.4 is 10.6 Å². The fourth-order valence-corrected chi connectivity index (χ4v) is 2.29. The summed E-state index contributed by atoms with van der Waals surface area (Å²) in [5.74, 6) is 0.220. The second kappa shape index (κ2) is 6.99. The van der Waals surface area contributed by atoms with E-state index in [-0.39, 0.29) is 24.2 Å². The van der Waals surface area contributed by atoms with E-state index < -0.39 is 0 Å². The standard InChI is InChI=1S/C12H15BrN2O.ClH/c13-10-4-1-5-11(7-10)15-12(16)9-3-2-6-14-8-9;/h1,4-5,7,9,14H,2-3,6,8H2,(H,15,16);1H. The van der Waals surface area contributed by atoms with E-state index in [0.717, 1.165) is 36.1 Å². The Hall–Kier alpha value is -0.580. The van der Waals surface area contributed by atoms with Crippen LogP contribution in [0, 0.1) is 5.92 Å². The summed E-state index contributed by atoms with van der Waals surface area (Å²) in [6.45, 7) is 1.82. The molecule has 0 aliphatic carbocycles. The van der Waals surface area contributed by atoms with E-state index in [4.69, 9.17) is 0 Å². The van der Waals surface area contributed by atoms with E-state index in [1.54, 1.807) is 0 Å². The maximum atomic E-state index is 11.9. The summed E-state index contributed by atoms with van der Waals surface area (Å²) in [5.41, 5.74) is 0.852. The van der Waals surface area contributed by atoms with Crippen molar-refractivity contribution in [1.82, 2.24) is 5.32 Å². The molecular weight excluding hydrogens is 304 g/mol. The molecule has 1 fully saturated rings. The minimum Gasteiger partial charge on any atom is -0.326 e. The molecule has 17 heavy (non-hydrogen) atoms. The molecule has 5 heteroatoms. The Kier molecular flexibility index (Phi) is 5.95. The first-order chi connectivity index (χ1) is 7.75. The Morgan fingerprint density at radius 2 is 2.29 bits per heavy atom. The number of anilines is 1. The minimum absolute atomic E-state index is 0. The Bertz CT molecular complexity index is 381. The normalized spacial score (nSPS) is 19.2. The number of halogens is 2. The number of amides is 1. The second-order valence-electron chi connectivity index (χ2n) is 4.04. The van der Waals surface area contributed by atoms with Gasteiger partial charge in [-0.2, -0.15) is 0 Å². The summed E-state index contributed by atoms with van der Waals surface area (Å²) in [7, 11) is 0. The molecule has 1 saturated heterocycles. The second-order valence-corrected chi connectivity index (χ2v) is 4.96. The molecule has 1 heterocycles. The lowest BCUT2D eigenvalue weighted by Gasteiger charge is -2.21. The molecule has 0 bridgehead atoms. The molecule has 2 N–H and O–H groups in total. The molecule has 0 spiro atoms. The zero-order chi connectivity index (χ0) is 11.4. The van der Waals surface area contributed by atoms with Gasteiger partial charge in [0.25, 0.3) is 0 Å². The van der Waals surface area contributed by atoms with E-state index in [1.807, 2.05) is 24.3 Å². The highest BCUT2D eigenvalue weighted by Gasteiger charge is 2.20. The zero-order valence-corrected chi connectivity index (χ0v) is 11.8. The number of benzene rings is 1. The van der Waals surface area contributed by atoms with Crippen LogP contribution in [0.4, 0.5) is 5.69 Å². The highest BCUT2D eigenvalue weighted by Crippen LogP contribution is 2.18. The fraction of sp³-hybridized carbons (Fsp3) is 0.417. The monoisotopic (exact) mass is 318 g/mol. The SMILES string of the molecule is Cl.O=C(Nc1cccc(Br)c1)C1CCCNC1. The van der Waals surface area contributed by atoms with Gasteiger partial charge in [-0.3, -0.25) is 4.79 Å². The van der Waals surface area contributed by atoms with Crippen molar-refractivity contribution in [2.24, 2.45) is 5.92 Å². The molecule has 0 saturated carbocycles. The Morgan fingerprint density at radius 1 is 1.47 bits per heavy atom. The number of carbonyl (C=O) groups is 1. The third-order valence-corrected chi connectivity index (χ3v) is 3.25. The lowest BCUT2D eigenvalue weighted by molar-refractivity contribution is -0.120. The quantitative estimate of drug-likeness (QED) is 0.880. The summed E-state index contributed by atoms with van der Waals surface area (Å²) >= 11 is 3.38. The first-order valence-electron chi connectivity index (χ1n) is 5.53. The lowest BCUT2D eigenvalue weighted by atomic mass is 9.99. The highest BCUT2D eigenvalue weighted by atomic mass is 79.9. The van der Waals surface area contributed by atoms with Gasteiger partial charge in [-0.25, -0.2) is 0 Å². The van der Waals surface area contributed by atoms with Crippen LogP contribution >= 0.6 is 28.3 Å². The van der Waals surface area contributed by atoms with Crippen LogP contribution in [0.5, 0.6) is 0 Å². The van der Waals surface area contributed by atoms with Gasteiger partial charge in [0.05, 0.1) is 5.92 Å². The smallest absolute Gasteiger partial charge is 0.228 e. The van der Waals surface area contributed by atoms with Gasteiger partial charge in [0.2, 0.25) is 5.91 Å². The molecule has 94 valence electrons. The predicted octanol–water partition coefficient (Wildman–Crippen LogP) is 2.81. The average molecular weight is 320 g/mol. The number of hydrogen-bond acceptors (Lipinski definition) is 2. The number of nitrogens with one attached hydrogen (secondary N) is 2. The first kappa shape index (κ1) is 14.5. The van der Waals surface area contributed by atoms with Gasteiger partial charge in [-0.05, 0) is 37.6 Å². The fourth-order valence-electron chi connectivity index (χ4n) is 1.89. The number of hydrogen-bond donors (Lipinski definition) is 2. The topological polar surface area (TPSA) is 41.1 Å². The maximum absolute atomic E-state index is 11.9. The minimum atomic E-state index is 0. The summed E-state index contributed by atoms with van der Waals surface area (Å²) in [5, 5.41) is 6.19. The summed E-state index contributed by atoms with van der Waals surface area (Å²) in [6, 6.07) is 7.67. The van der Waals surface area contributed by atoms with Gasteiger partial charge >= 0.3 is 0 Å². The van der Waals surface area contributed by atoms with E-state index in [9.17, 15) is 4.79 Å². The van der Waals surface area contributed by atoms with Crippen LogP contribution in [0.15, 0.2) is 28.7 Å². The third-order valence-electron chi connectivity index (χ3n) is 2.76. The molecule has 1 amide bonds. The van der Waals surface area contributed by atoms with Gasteiger partial charge in [0.1, 0.15) is 0 Å². The summed E-state index contributed by atoms with van der Waals surface area (Å²) in [6.07, 6.45) is 2.06. The molecule has 0 radical (unpaired) electrons. The van der Waals surface area contributed by atoms with Crippen molar-refractivity contribution in [3.05, 3.63) is 28.7 Å². The van der Waals surface area contributed by atoms with Gasteiger partial charge < -0.3 is 10.6 Å². The molecule has 1 atom stereocenters. The molecule has 2 rings (SSSR count). The molecule has 3 nitrogen and oxygen atoms in total. The Morgan fingerprint density at radius 3 is 2.94 bits per heavy atom. The van der Waals surface area contributed by atoms with Gasteiger partial charge in [-0.1, -0.05) is 22.0 Å². The molecule has 1 aromatic carbocycles. The van der Waals surface area contributed by atoms with Crippen molar-refractivity contribution < 1.29 is 4.79 Å².